The molecule has 0 heterocycles. The minimum Gasteiger partial charge on any atom is -1.00 e. The van der Waals surface area contributed by atoms with Crippen molar-refractivity contribution in [3.05, 3.63) is 30.1 Å². The summed E-state index contributed by atoms with van der Waals surface area (Å²) < 4.78 is 18.5. The zero-order chi connectivity index (χ0) is 9.80. The van der Waals surface area contributed by atoms with Crippen molar-refractivity contribution in [2.24, 2.45) is 0 Å². The summed E-state index contributed by atoms with van der Waals surface area (Å²) in [6, 6.07) is 7.15. The third kappa shape index (κ3) is 5.02. The molecule has 1 aromatic carbocycles. The van der Waals surface area contributed by atoms with E-state index in [-0.39, 0.29) is 52.0 Å². The Labute approximate surface area is 123 Å². The Morgan fingerprint density at radius 3 is 2.50 bits per heavy atom. The van der Waals surface area contributed by atoms with Crippen molar-refractivity contribution in [3.8, 4) is 5.75 Å². The van der Waals surface area contributed by atoms with Crippen molar-refractivity contribution in [2.75, 3.05) is 0 Å². The SMILES string of the molecule is Fc1c[c-]cc(OC2CCCCC2)c1.[Br-].[Mg+2]. The molecule has 1 aliphatic rings. The van der Waals surface area contributed by atoms with Crippen molar-refractivity contribution < 1.29 is 26.1 Å². The Hall–Kier alpha value is 0.196. The van der Waals surface area contributed by atoms with Gasteiger partial charge in [0.25, 0.3) is 0 Å². The van der Waals surface area contributed by atoms with Gasteiger partial charge in [-0.3, -0.25) is 4.39 Å². The Morgan fingerprint density at radius 1 is 1.19 bits per heavy atom. The molecular formula is C12H14BrFMgO. The second-order valence-electron chi connectivity index (χ2n) is 3.76. The van der Waals surface area contributed by atoms with Crippen LogP contribution in [0.3, 0.4) is 0 Å². The molecule has 0 saturated heterocycles. The molecule has 1 aromatic rings. The standard InChI is InChI=1S/C12H14FO.BrH.Mg/c13-10-5-4-8-12(9-10)14-11-6-2-1-3-7-11;;/h5,8-9,11H,1-3,6-7H2;1H;/q-1;;+2/p-1. The average molecular weight is 297 g/mol. The van der Waals surface area contributed by atoms with Crippen LogP contribution < -0.4 is 21.7 Å². The molecule has 0 unspecified atom stereocenters. The molecule has 0 aromatic heterocycles. The second-order valence-corrected chi connectivity index (χ2v) is 3.76. The van der Waals surface area contributed by atoms with Gasteiger partial charge in [-0.25, -0.2) is 0 Å². The summed E-state index contributed by atoms with van der Waals surface area (Å²) in [6.07, 6.45) is 6.22. The number of benzene rings is 1. The molecule has 0 amide bonds. The van der Waals surface area contributed by atoms with Gasteiger partial charge in [0.2, 0.25) is 0 Å². The molecule has 16 heavy (non-hydrogen) atoms. The first-order valence-corrected chi connectivity index (χ1v) is 5.18. The topological polar surface area (TPSA) is 9.23 Å². The van der Waals surface area contributed by atoms with Crippen LogP contribution in [0.2, 0.25) is 0 Å². The molecule has 1 saturated carbocycles. The molecular weight excluding hydrogens is 283 g/mol. The maximum atomic E-state index is 12.8. The molecule has 0 spiro atoms. The van der Waals surface area contributed by atoms with E-state index < -0.39 is 0 Å². The number of hydrogen-bond donors (Lipinski definition) is 0. The van der Waals surface area contributed by atoms with E-state index in [1.165, 1.54) is 31.4 Å². The van der Waals surface area contributed by atoms with Crippen LogP contribution >= 0.6 is 0 Å². The van der Waals surface area contributed by atoms with Gasteiger partial charge >= 0.3 is 23.1 Å². The summed E-state index contributed by atoms with van der Waals surface area (Å²) in [4.78, 5) is 0. The molecule has 0 radical (unpaired) electrons. The Balaban J connectivity index is 0.00000112. The van der Waals surface area contributed by atoms with Gasteiger partial charge in [0.15, 0.2) is 0 Å². The minimum atomic E-state index is -0.279. The largest absolute Gasteiger partial charge is 2.00 e. The van der Waals surface area contributed by atoms with Crippen LogP contribution in [0, 0.1) is 11.9 Å². The zero-order valence-corrected chi connectivity index (χ0v) is 12.2. The summed E-state index contributed by atoms with van der Waals surface area (Å²) >= 11 is 0. The molecule has 1 fully saturated rings. The second kappa shape index (κ2) is 8.31. The number of ether oxygens (including phenoxy) is 1. The van der Waals surface area contributed by atoms with E-state index in [0.29, 0.717) is 5.75 Å². The van der Waals surface area contributed by atoms with Crippen molar-refractivity contribution in [2.45, 2.75) is 38.2 Å². The molecule has 0 aliphatic heterocycles. The van der Waals surface area contributed by atoms with Gasteiger partial charge in [0.1, 0.15) is 0 Å². The van der Waals surface area contributed by atoms with Crippen molar-refractivity contribution in [3.63, 3.8) is 0 Å². The first-order chi connectivity index (χ1) is 6.84. The van der Waals surface area contributed by atoms with Gasteiger partial charge in [-0.1, -0.05) is 12.5 Å². The van der Waals surface area contributed by atoms with Crippen LogP contribution in [0.5, 0.6) is 5.75 Å². The van der Waals surface area contributed by atoms with Gasteiger partial charge in [-0.05, 0) is 25.7 Å². The summed E-state index contributed by atoms with van der Waals surface area (Å²) in [7, 11) is 0. The van der Waals surface area contributed by atoms with Crippen molar-refractivity contribution >= 4 is 23.1 Å². The fourth-order valence-electron chi connectivity index (χ4n) is 1.87. The Kier molecular flexibility index (Phi) is 8.41. The van der Waals surface area contributed by atoms with E-state index in [9.17, 15) is 4.39 Å². The predicted octanol–water partition coefficient (Wildman–Crippen LogP) is -0.0394. The maximum absolute atomic E-state index is 12.8. The van der Waals surface area contributed by atoms with Crippen LogP contribution in [0.1, 0.15) is 32.1 Å². The Morgan fingerprint density at radius 2 is 1.88 bits per heavy atom. The van der Waals surface area contributed by atoms with E-state index in [1.807, 2.05) is 0 Å². The smallest absolute Gasteiger partial charge is 1.00 e. The molecule has 1 nitrogen and oxygen atoms in total. The van der Waals surface area contributed by atoms with E-state index in [1.54, 1.807) is 6.07 Å². The summed E-state index contributed by atoms with van der Waals surface area (Å²) in [5, 5.41) is 0. The number of hydrogen-bond acceptors (Lipinski definition) is 1. The van der Waals surface area contributed by atoms with Crippen LogP contribution in [0.4, 0.5) is 4.39 Å². The molecule has 0 bridgehead atoms. The van der Waals surface area contributed by atoms with Crippen LogP contribution in [-0.2, 0) is 0 Å². The normalized spacial score (nSPS) is 15.8. The van der Waals surface area contributed by atoms with Gasteiger partial charge < -0.3 is 21.7 Å². The summed E-state index contributed by atoms with van der Waals surface area (Å²) in [6.45, 7) is 0. The Bertz CT molecular complexity index is 303. The number of rotatable bonds is 2. The van der Waals surface area contributed by atoms with Crippen LogP contribution in [0.15, 0.2) is 18.2 Å². The van der Waals surface area contributed by atoms with Gasteiger partial charge in [0.05, 0.1) is 6.10 Å². The van der Waals surface area contributed by atoms with E-state index in [2.05, 4.69) is 6.07 Å². The molecule has 0 atom stereocenters. The summed E-state index contributed by atoms with van der Waals surface area (Å²) in [5.41, 5.74) is 0. The van der Waals surface area contributed by atoms with Crippen LogP contribution in [0.25, 0.3) is 0 Å². The zero-order valence-electron chi connectivity index (χ0n) is 9.22. The fraction of sp³-hybridized carbons (Fsp3) is 0.500. The maximum Gasteiger partial charge on any atom is 2.00 e. The first-order valence-electron chi connectivity index (χ1n) is 5.18. The molecule has 1 aliphatic carbocycles. The molecule has 4 heteroatoms. The van der Waals surface area contributed by atoms with Gasteiger partial charge in [-0.15, -0.1) is 12.1 Å². The van der Waals surface area contributed by atoms with Crippen molar-refractivity contribution in [1.29, 1.82) is 0 Å². The molecule has 2 rings (SSSR count). The fourth-order valence-corrected chi connectivity index (χ4v) is 1.87. The van der Waals surface area contributed by atoms with Crippen LogP contribution in [-0.4, -0.2) is 29.2 Å². The predicted molar refractivity (Wildman–Crippen MR) is 58.5 cm³/mol. The third-order valence-electron chi connectivity index (χ3n) is 2.58. The minimum absolute atomic E-state index is 0. The van der Waals surface area contributed by atoms with E-state index in [0.717, 1.165) is 12.8 Å². The summed E-state index contributed by atoms with van der Waals surface area (Å²) in [5.74, 6) is 0.329. The van der Waals surface area contributed by atoms with Crippen molar-refractivity contribution in [1.82, 2.24) is 0 Å². The monoisotopic (exact) mass is 296 g/mol. The van der Waals surface area contributed by atoms with Gasteiger partial charge in [-0.2, -0.15) is 6.07 Å². The average Bonchev–Trinajstić information content (AvgIpc) is 2.19. The van der Waals surface area contributed by atoms with Gasteiger partial charge in [0, 0.05) is 11.6 Å². The first kappa shape index (κ1) is 16.2. The quantitative estimate of drug-likeness (QED) is 0.550. The molecule has 0 N–H and O–H groups in total. The number of halogens is 2. The molecule has 84 valence electrons. The third-order valence-corrected chi connectivity index (χ3v) is 2.58. The van der Waals surface area contributed by atoms with E-state index >= 15 is 0 Å². The van der Waals surface area contributed by atoms with E-state index in [4.69, 9.17) is 4.74 Å².